The van der Waals surface area contributed by atoms with Gasteiger partial charge in [-0.05, 0) is 69.4 Å². The van der Waals surface area contributed by atoms with Crippen LogP contribution in [0.2, 0.25) is 0 Å². The van der Waals surface area contributed by atoms with Crippen LogP contribution in [0.3, 0.4) is 0 Å². The molecule has 1 aromatic carbocycles. The van der Waals surface area contributed by atoms with Gasteiger partial charge in [0.15, 0.2) is 0 Å². The number of carbonyl (C=O) groups excluding carboxylic acids is 1. The summed E-state index contributed by atoms with van der Waals surface area (Å²) in [5.41, 5.74) is 3.67. The van der Waals surface area contributed by atoms with E-state index in [2.05, 4.69) is 57.0 Å². The van der Waals surface area contributed by atoms with Crippen molar-refractivity contribution in [1.82, 2.24) is 5.32 Å². The van der Waals surface area contributed by atoms with E-state index in [4.69, 9.17) is 0 Å². The summed E-state index contributed by atoms with van der Waals surface area (Å²) in [5, 5.41) is 11.7. The van der Waals surface area contributed by atoms with E-state index in [-0.39, 0.29) is 17.0 Å². The standard InChI is InChI=1S/C20H27N3O/c1-13(2)23-18-8-7-15(9-16(12-21)19(24)22-6)10-17(18)14(3)11-20(23,4)5/h7-10,13-14H,11H2,1-6H3,(H,22,24)/b16-9-/t14-/m0/s1. The van der Waals surface area contributed by atoms with Crippen LogP contribution in [0.1, 0.15) is 58.1 Å². The van der Waals surface area contributed by atoms with Gasteiger partial charge in [-0.15, -0.1) is 0 Å². The lowest BCUT2D eigenvalue weighted by Crippen LogP contribution is -2.51. The molecule has 1 heterocycles. The van der Waals surface area contributed by atoms with Gasteiger partial charge in [0.05, 0.1) is 0 Å². The second-order valence-corrected chi connectivity index (χ2v) is 7.45. The molecule has 0 spiro atoms. The van der Waals surface area contributed by atoms with Gasteiger partial charge >= 0.3 is 0 Å². The van der Waals surface area contributed by atoms with Crippen molar-refractivity contribution < 1.29 is 4.79 Å². The van der Waals surface area contributed by atoms with Crippen molar-refractivity contribution >= 4 is 17.7 Å². The van der Waals surface area contributed by atoms with E-state index in [0.717, 1.165) is 12.0 Å². The first-order chi connectivity index (χ1) is 11.2. The van der Waals surface area contributed by atoms with E-state index in [1.807, 2.05) is 12.1 Å². The first kappa shape index (κ1) is 18.1. The van der Waals surface area contributed by atoms with Crippen LogP contribution in [0.15, 0.2) is 23.8 Å². The molecule has 0 aromatic heterocycles. The predicted octanol–water partition coefficient (Wildman–Crippen LogP) is 3.84. The van der Waals surface area contributed by atoms with Gasteiger partial charge in [0.25, 0.3) is 5.91 Å². The number of rotatable bonds is 3. The summed E-state index contributed by atoms with van der Waals surface area (Å²) in [4.78, 5) is 14.2. The molecule has 0 aliphatic carbocycles. The first-order valence-corrected chi connectivity index (χ1v) is 8.48. The van der Waals surface area contributed by atoms with E-state index >= 15 is 0 Å². The molecule has 1 aromatic rings. The third kappa shape index (κ3) is 3.31. The topological polar surface area (TPSA) is 56.1 Å². The van der Waals surface area contributed by atoms with E-state index in [1.54, 1.807) is 6.08 Å². The van der Waals surface area contributed by atoms with Crippen molar-refractivity contribution in [3.8, 4) is 6.07 Å². The second kappa shape index (κ2) is 6.68. The molecular formula is C20H27N3O. The lowest BCUT2D eigenvalue weighted by Gasteiger charge is -2.50. The zero-order chi connectivity index (χ0) is 18.1. The molecule has 0 saturated heterocycles. The monoisotopic (exact) mass is 325 g/mol. The highest BCUT2D eigenvalue weighted by Gasteiger charge is 2.37. The van der Waals surface area contributed by atoms with Crippen molar-refractivity contribution in [2.75, 3.05) is 11.9 Å². The van der Waals surface area contributed by atoms with Crippen LogP contribution in [0, 0.1) is 11.3 Å². The molecule has 4 heteroatoms. The van der Waals surface area contributed by atoms with Crippen molar-refractivity contribution in [3.05, 3.63) is 34.9 Å². The summed E-state index contributed by atoms with van der Waals surface area (Å²) in [6, 6.07) is 8.61. The van der Waals surface area contributed by atoms with Gasteiger partial charge in [-0.1, -0.05) is 13.0 Å². The van der Waals surface area contributed by atoms with Crippen LogP contribution < -0.4 is 10.2 Å². The van der Waals surface area contributed by atoms with Crippen LogP contribution >= 0.6 is 0 Å². The molecule has 0 fully saturated rings. The minimum Gasteiger partial charge on any atom is -0.364 e. The first-order valence-electron chi connectivity index (χ1n) is 8.48. The molecule has 0 saturated carbocycles. The van der Waals surface area contributed by atoms with Gasteiger partial charge in [0.1, 0.15) is 11.6 Å². The zero-order valence-corrected chi connectivity index (χ0v) is 15.5. The minimum absolute atomic E-state index is 0.109. The molecule has 2 rings (SSSR count). The number of nitriles is 1. The fourth-order valence-corrected chi connectivity index (χ4v) is 3.99. The summed E-state index contributed by atoms with van der Waals surface area (Å²) in [6.07, 6.45) is 2.73. The molecule has 24 heavy (non-hydrogen) atoms. The normalized spacial score (nSPS) is 19.7. The van der Waals surface area contributed by atoms with Gasteiger partial charge in [-0.25, -0.2) is 0 Å². The Kier molecular flexibility index (Phi) is 5.03. The molecular weight excluding hydrogens is 298 g/mol. The Morgan fingerprint density at radius 3 is 2.67 bits per heavy atom. The van der Waals surface area contributed by atoms with E-state index in [9.17, 15) is 10.1 Å². The van der Waals surface area contributed by atoms with E-state index < -0.39 is 0 Å². The number of hydrogen-bond acceptors (Lipinski definition) is 3. The summed E-state index contributed by atoms with van der Waals surface area (Å²) in [5.74, 6) is 0.0806. The molecule has 128 valence electrons. The van der Waals surface area contributed by atoms with Crippen LogP contribution in [0.5, 0.6) is 0 Å². The predicted molar refractivity (Wildman–Crippen MR) is 98.8 cm³/mol. The molecule has 4 nitrogen and oxygen atoms in total. The average molecular weight is 325 g/mol. The SMILES string of the molecule is CNC(=O)/C(C#N)=C\c1ccc2c(c1)[C@@H](C)CC(C)(C)N2C(C)C. The van der Waals surface area contributed by atoms with Crippen LogP contribution in [-0.4, -0.2) is 24.5 Å². The summed E-state index contributed by atoms with van der Waals surface area (Å²) >= 11 is 0. The third-order valence-corrected chi connectivity index (χ3v) is 4.72. The molecule has 1 aliphatic heterocycles. The molecule has 1 N–H and O–H groups in total. The maximum Gasteiger partial charge on any atom is 0.261 e. The van der Waals surface area contributed by atoms with Crippen LogP contribution in [0.25, 0.3) is 6.08 Å². The van der Waals surface area contributed by atoms with E-state index in [0.29, 0.717) is 12.0 Å². The Hall–Kier alpha value is -2.28. The lowest BCUT2D eigenvalue weighted by atomic mass is 9.79. The highest BCUT2D eigenvalue weighted by Crippen LogP contribution is 2.44. The Labute approximate surface area is 145 Å². The second-order valence-electron chi connectivity index (χ2n) is 7.45. The number of likely N-dealkylation sites (N-methyl/N-ethyl adjacent to an activating group) is 1. The Balaban J connectivity index is 2.52. The van der Waals surface area contributed by atoms with Crippen molar-refractivity contribution in [2.45, 2.75) is 58.5 Å². The zero-order valence-electron chi connectivity index (χ0n) is 15.5. The Morgan fingerprint density at radius 2 is 2.12 bits per heavy atom. The maximum atomic E-state index is 11.7. The number of anilines is 1. The maximum absolute atomic E-state index is 11.7. The number of fused-ring (bicyclic) bond motifs is 1. The number of benzene rings is 1. The summed E-state index contributed by atoms with van der Waals surface area (Å²) in [6.45, 7) is 11.3. The minimum atomic E-state index is -0.354. The number of amides is 1. The van der Waals surface area contributed by atoms with E-state index in [1.165, 1.54) is 18.3 Å². The summed E-state index contributed by atoms with van der Waals surface area (Å²) in [7, 11) is 1.53. The number of hydrogen-bond donors (Lipinski definition) is 1. The number of carbonyl (C=O) groups is 1. The van der Waals surface area contributed by atoms with Crippen LogP contribution in [-0.2, 0) is 4.79 Å². The Morgan fingerprint density at radius 1 is 1.46 bits per heavy atom. The van der Waals surface area contributed by atoms with Gasteiger partial charge in [-0.3, -0.25) is 4.79 Å². The molecule has 0 radical (unpaired) electrons. The molecule has 1 aliphatic rings. The quantitative estimate of drug-likeness (QED) is 0.678. The van der Waals surface area contributed by atoms with Crippen LogP contribution in [0.4, 0.5) is 5.69 Å². The molecule has 1 atom stereocenters. The van der Waals surface area contributed by atoms with Gasteiger partial charge in [-0.2, -0.15) is 5.26 Å². The molecule has 0 unspecified atom stereocenters. The van der Waals surface area contributed by atoms with Crippen molar-refractivity contribution in [3.63, 3.8) is 0 Å². The molecule has 0 bridgehead atoms. The third-order valence-electron chi connectivity index (χ3n) is 4.72. The number of nitrogens with zero attached hydrogens (tertiary/aromatic N) is 2. The van der Waals surface area contributed by atoms with Gasteiger partial charge < -0.3 is 10.2 Å². The van der Waals surface area contributed by atoms with Gasteiger partial charge in [0, 0.05) is 24.3 Å². The fraction of sp³-hybridized carbons (Fsp3) is 0.500. The van der Waals surface area contributed by atoms with Crippen molar-refractivity contribution in [2.24, 2.45) is 0 Å². The lowest BCUT2D eigenvalue weighted by molar-refractivity contribution is -0.116. The van der Waals surface area contributed by atoms with Crippen molar-refractivity contribution in [1.29, 1.82) is 5.26 Å². The highest BCUT2D eigenvalue weighted by atomic mass is 16.1. The summed E-state index contributed by atoms with van der Waals surface area (Å²) < 4.78 is 0. The Bertz CT molecular complexity index is 710. The van der Waals surface area contributed by atoms with Gasteiger partial charge in [0.2, 0.25) is 0 Å². The average Bonchev–Trinajstić information content (AvgIpc) is 2.51. The molecule has 1 amide bonds. The smallest absolute Gasteiger partial charge is 0.261 e. The fourth-order valence-electron chi connectivity index (χ4n) is 3.99. The largest absolute Gasteiger partial charge is 0.364 e. The number of nitrogens with one attached hydrogen (secondary N) is 1. The highest BCUT2D eigenvalue weighted by molar-refractivity contribution is 6.01.